The van der Waals surface area contributed by atoms with E-state index in [4.69, 9.17) is 4.74 Å². The van der Waals surface area contributed by atoms with E-state index >= 15 is 0 Å². The van der Waals surface area contributed by atoms with Crippen LogP contribution in [0.1, 0.15) is 22.3 Å². The second-order valence-electron chi connectivity index (χ2n) is 6.67. The maximum Gasteiger partial charge on any atom is 0.451 e. The van der Waals surface area contributed by atoms with Gasteiger partial charge in [0.05, 0.1) is 22.6 Å². The molecule has 0 spiro atoms. The Morgan fingerprint density at radius 3 is 2.70 bits per heavy atom. The van der Waals surface area contributed by atoms with Crippen molar-refractivity contribution < 1.29 is 23.0 Å². The Morgan fingerprint density at radius 1 is 1.07 bits per heavy atom. The first-order valence-corrected chi connectivity index (χ1v) is 10.4. The Kier molecular flexibility index (Phi) is 5.85. The summed E-state index contributed by atoms with van der Waals surface area (Å²) in [5, 5.41) is 0. The van der Waals surface area contributed by atoms with Crippen LogP contribution in [0.5, 0.6) is 17.4 Å². The van der Waals surface area contributed by atoms with Crippen molar-refractivity contribution in [2.45, 2.75) is 17.0 Å². The molecule has 0 radical (unpaired) electrons. The molecule has 0 N–H and O–H groups in total. The summed E-state index contributed by atoms with van der Waals surface area (Å²) < 4.78 is 33.3. The minimum atomic E-state index is -3.34. The zero-order valence-electron chi connectivity index (χ0n) is 15.7. The van der Waals surface area contributed by atoms with Gasteiger partial charge < -0.3 is 14.4 Å². The zero-order valence-corrected chi connectivity index (χ0v) is 17.9. The number of carbonyl (C=O) groups is 1. The summed E-state index contributed by atoms with van der Waals surface area (Å²) in [5.74, 6) is 0.0565. The monoisotopic (exact) mass is 522 g/mol. The molecule has 0 atom stereocenters. The second-order valence-corrected chi connectivity index (χ2v) is 7.93. The number of fused-ring (bicyclic) bond motifs is 1. The molecule has 0 fully saturated rings. The van der Waals surface area contributed by atoms with Gasteiger partial charge in [0.1, 0.15) is 17.1 Å². The van der Waals surface area contributed by atoms with Crippen LogP contribution in [0.3, 0.4) is 0 Å². The SMILES string of the molecule is O=C(c1cccnc1Oc1cccc(OC(F)(F)I)c1)N1CCCc2ccccc21. The molecule has 1 aromatic heterocycles. The van der Waals surface area contributed by atoms with E-state index in [1.54, 1.807) is 23.1 Å². The average Bonchev–Trinajstić information content (AvgIpc) is 2.72. The molecule has 0 aliphatic carbocycles. The number of pyridine rings is 1. The van der Waals surface area contributed by atoms with Gasteiger partial charge in [-0.05, 0) is 48.7 Å². The van der Waals surface area contributed by atoms with E-state index in [0.29, 0.717) is 12.1 Å². The summed E-state index contributed by atoms with van der Waals surface area (Å²) in [4.78, 5) is 19.2. The highest BCUT2D eigenvalue weighted by Gasteiger charge is 2.27. The number of amides is 1. The zero-order chi connectivity index (χ0) is 21.1. The number of rotatable bonds is 5. The van der Waals surface area contributed by atoms with E-state index in [-0.39, 0.29) is 23.3 Å². The summed E-state index contributed by atoms with van der Waals surface area (Å²) in [6.45, 7) is 0.595. The highest BCUT2D eigenvalue weighted by atomic mass is 127. The molecule has 1 aliphatic rings. The summed E-state index contributed by atoms with van der Waals surface area (Å²) in [7, 11) is 0. The Morgan fingerprint density at radius 2 is 1.87 bits per heavy atom. The van der Waals surface area contributed by atoms with Crippen molar-refractivity contribution in [3.8, 4) is 17.4 Å². The van der Waals surface area contributed by atoms with Crippen LogP contribution >= 0.6 is 22.6 Å². The molecule has 4 rings (SSSR count). The standard InChI is InChI=1S/C22H17F2IN2O3/c23-22(24,25)30-17-9-3-8-16(14-17)29-20-18(10-4-12-26-20)21(28)27-13-5-7-15-6-1-2-11-19(15)27/h1-4,6,8-12,14H,5,7,13H2. The molecule has 0 unspecified atom stereocenters. The molecule has 8 heteroatoms. The molecule has 2 heterocycles. The smallest absolute Gasteiger partial charge is 0.438 e. The second kappa shape index (κ2) is 8.55. The van der Waals surface area contributed by atoms with Crippen molar-refractivity contribution in [3.63, 3.8) is 0 Å². The lowest BCUT2D eigenvalue weighted by atomic mass is 10.0. The first kappa shape index (κ1) is 20.5. The molecule has 0 bridgehead atoms. The lowest BCUT2D eigenvalue weighted by Gasteiger charge is -2.29. The lowest BCUT2D eigenvalue weighted by molar-refractivity contribution is -0.0692. The minimum absolute atomic E-state index is 0.0549. The predicted molar refractivity (Wildman–Crippen MR) is 117 cm³/mol. The number of hydrogen-bond donors (Lipinski definition) is 0. The van der Waals surface area contributed by atoms with Crippen LogP contribution in [-0.2, 0) is 6.42 Å². The first-order chi connectivity index (χ1) is 14.4. The molecule has 3 aromatic rings. The van der Waals surface area contributed by atoms with Gasteiger partial charge >= 0.3 is 4.12 Å². The highest BCUT2D eigenvalue weighted by Crippen LogP contribution is 2.33. The molecule has 154 valence electrons. The molecular formula is C22H17F2IN2O3. The maximum absolute atomic E-state index is 13.3. The van der Waals surface area contributed by atoms with Crippen LogP contribution in [0.4, 0.5) is 14.5 Å². The molecule has 30 heavy (non-hydrogen) atoms. The first-order valence-electron chi connectivity index (χ1n) is 9.29. The number of anilines is 1. The van der Waals surface area contributed by atoms with E-state index in [1.165, 1.54) is 24.4 Å². The Labute approximate surface area is 185 Å². The summed E-state index contributed by atoms with van der Waals surface area (Å²) in [6, 6.07) is 16.9. The van der Waals surface area contributed by atoms with Gasteiger partial charge in [-0.15, -0.1) is 0 Å². The van der Waals surface area contributed by atoms with Crippen molar-refractivity contribution in [1.82, 2.24) is 4.98 Å². The van der Waals surface area contributed by atoms with Crippen molar-refractivity contribution >= 4 is 34.2 Å². The Bertz CT molecular complexity index is 1070. The van der Waals surface area contributed by atoms with Crippen molar-refractivity contribution in [1.29, 1.82) is 0 Å². The molecule has 0 saturated heterocycles. The number of halogens is 3. The van der Waals surface area contributed by atoms with Gasteiger partial charge in [0.15, 0.2) is 0 Å². The summed E-state index contributed by atoms with van der Waals surface area (Å²) >= 11 is 0.895. The van der Waals surface area contributed by atoms with E-state index in [1.807, 2.05) is 24.3 Å². The fourth-order valence-corrected chi connectivity index (χ4v) is 3.63. The maximum atomic E-state index is 13.3. The van der Waals surface area contributed by atoms with Gasteiger partial charge in [-0.1, -0.05) is 24.3 Å². The molecule has 1 aliphatic heterocycles. The van der Waals surface area contributed by atoms with E-state index in [9.17, 15) is 13.6 Å². The van der Waals surface area contributed by atoms with Gasteiger partial charge in [0.25, 0.3) is 5.91 Å². The average molecular weight is 522 g/mol. The summed E-state index contributed by atoms with van der Waals surface area (Å²) in [6.07, 6.45) is 3.29. The minimum Gasteiger partial charge on any atom is -0.438 e. The van der Waals surface area contributed by atoms with Crippen LogP contribution in [0, 0.1) is 0 Å². The number of hydrogen-bond acceptors (Lipinski definition) is 4. The van der Waals surface area contributed by atoms with Crippen LogP contribution in [0.25, 0.3) is 0 Å². The molecule has 1 amide bonds. The number of alkyl halides is 3. The van der Waals surface area contributed by atoms with Gasteiger partial charge in [0.2, 0.25) is 5.88 Å². The van der Waals surface area contributed by atoms with E-state index < -0.39 is 4.12 Å². The third kappa shape index (κ3) is 4.69. The number of carbonyl (C=O) groups excluding carboxylic acids is 1. The number of aromatic nitrogens is 1. The number of benzene rings is 2. The fraction of sp³-hybridized carbons (Fsp3) is 0.182. The lowest BCUT2D eigenvalue weighted by Crippen LogP contribution is -2.35. The van der Waals surface area contributed by atoms with Crippen molar-refractivity contribution in [2.24, 2.45) is 0 Å². The van der Waals surface area contributed by atoms with Crippen LogP contribution in [-0.4, -0.2) is 21.6 Å². The van der Waals surface area contributed by atoms with Crippen LogP contribution in [0.15, 0.2) is 66.9 Å². The normalized spacial score (nSPS) is 13.5. The Balaban J connectivity index is 1.61. The molecular weight excluding hydrogens is 505 g/mol. The van der Waals surface area contributed by atoms with Gasteiger partial charge in [-0.3, -0.25) is 4.79 Å². The quantitative estimate of drug-likeness (QED) is 0.313. The number of ether oxygens (including phenoxy) is 2. The number of nitrogens with zero attached hydrogens (tertiary/aromatic N) is 2. The van der Waals surface area contributed by atoms with Crippen molar-refractivity contribution in [3.05, 3.63) is 78.0 Å². The molecule has 2 aromatic carbocycles. The number of aryl methyl sites for hydroxylation is 1. The van der Waals surface area contributed by atoms with Gasteiger partial charge in [0, 0.05) is 24.5 Å². The number of para-hydroxylation sites is 1. The van der Waals surface area contributed by atoms with E-state index in [0.717, 1.165) is 46.7 Å². The largest absolute Gasteiger partial charge is 0.451 e. The third-order valence-corrected chi connectivity index (χ3v) is 4.83. The van der Waals surface area contributed by atoms with E-state index in [2.05, 4.69) is 9.72 Å². The topological polar surface area (TPSA) is 51.7 Å². The predicted octanol–water partition coefficient (Wildman–Crippen LogP) is 5.83. The Hall–Kier alpha value is -2.75. The third-order valence-electron chi connectivity index (χ3n) is 4.61. The fourth-order valence-electron chi connectivity index (χ4n) is 3.37. The summed E-state index contributed by atoms with van der Waals surface area (Å²) in [5.41, 5.74) is 2.29. The van der Waals surface area contributed by atoms with Crippen molar-refractivity contribution in [2.75, 3.05) is 11.4 Å². The van der Waals surface area contributed by atoms with Gasteiger partial charge in [-0.2, -0.15) is 8.78 Å². The van der Waals surface area contributed by atoms with Crippen LogP contribution in [0.2, 0.25) is 0 Å². The molecule has 5 nitrogen and oxygen atoms in total. The van der Waals surface area contributed by atoms with Gasteiger partial charge in [-0.25, -0.2) is 4.98 Å². The highest BCUT2D eigenvalue weighted by molar-refractivity contribution is 14.1. The molecule has 0 saturated carbocycles. The van der Waals surface area contributed by atoms with Crippen LogP contribution < -0.4 is 14.4 Å².